The summed E-state index contributed by atoms with van der Waals surface area (Å²) in [5.41, 5.74) is 5.08. The third-order valence-electron chi connectivity index (χ3n) is 9.28. The van der Waals surface area contributed by atoms with Crippen LogP contribution in [-0.4, -0.2) is 43.2 Å². The van der Waals surface area contributed by atoms with E-state index < -0.39 is 0 Å². The molecule has 1 amide bonds. The van der Waals surface area contributed by atoms with Gasteiger partial charge in [0.1, 0.15) is 19.0 Å². The molecule has 0 spiro atoms. The van der Waals surface area contributed by atoms with Crippen molar-refractivity contribution in [2.45, 2.75) is 51.6 Å². The number of halogens is 2. The lowest BCUT2D eigenvalue weighted by atomic mass is 9.83. The van der Waals surface area contributed by atoms with Gasteiger partial charge in [-0.2, -0.15) is 0 Å². The molecule has 0 unspecified atom stereocenters. The van der Waals surface area contributed by atoms with E-state index in [0.29, 0.717) is 59.3 Å². The summed E-state index contributed by atoms with van der Waals surface area (Å²) in [6.45, 7) is 7.67. The number of rotatable bonds is 10. The van der Waals surface area contributed by atoms with E-state index in [9.17, 15) is 4.79 Å². The molecule has 2 saturated carbocycles. The van der Waals surface area contributed by atoms with Gasteiger partial charge in [0, 0.05) is 18.5 Å². The van der Waals surface area contributed by atoms with E-state index in [1.165, 1.54) is 22.3 Å². The number of nitrogens with zero attached hydrogens (tertiary/aromatic N) is 1. The Bertz CT molecular complexity index is 1370. The average molecular weight is 594 g/mol. The highest BCUT2D eigenvalue weighted by atomic mass is 35.5. The maximum Gasteiger partial charge on any atom is 0.227 e. The van der Waals surface area contributed by atoms with Gasteiger partial charge in [0.15, 0.2) is 5.75 Å². The summed E-state index contributed by atoms with van der Waals surface area (Å²) >= 11 is 12.4. The van der Waals surface area contributed by atoms with Crippen molar-refractivity contribution in [2.24, 2.45) is 17.8 Å². The predicted octanol–water partition coefficient (Wildman–Crippen LogP) is 7.20. The average Bonchev–Trinajstić information content (AvgIpc) is 3.59. The molecule has 1 saturated heterocycles. The maximum atomic E-state index is 14.4. The fourth-order valence-corrected chi connectivity index (χ4v) is 7.27. The molecular formula is C34H38Cl2N2O3. The van der Waals surface area contributed by atoms with Crippen LogP contribution in [0, 0.1) is 31.6 Å². The number of para-hydroxylation sites is 1. The van der Waals surface area contributed by atoms with Gasteiger partial charge in [-0.05, 0) is 110 Å². The number of nitrogens with one attached hydrogen (secondary N) is 1. The highest BCUT2D eigenvalue weighted by Crippen LogP contribution is 2.50. The third-order valence-corrected chi connectivity index (χ3v) is 9.88. The van der Waals surface area contributed by atoms with Crippen molar-refractivity contribution in [1.29, 1.82) is 0 Å². The molecule has 0 aromatic heterocycles. The van der Waals surface area contributed by atoms with Gasteiger partial charge in [-0.15, -0.1) is 0 Å². The van der Waals surface area contributed by atoms with Gasteiger partial charge in [-0.3, -0.25) is 4.79 Å². The fourth-order valence-electron chi connectivity index (χ4n) is 6.77. The molecule has 3 aromatic carbocycles. The molecule has 2 aliphatic carbocycles. The van der Waals surface area contributed by atoms with Gasteiger partial charge in [0.25, 0.3) is 0 Å². The zero-order chi connectivity index (χ0) is 28.5. The summed E-state index contributed by atoms with van der Waals surface area (Å²) in [4.78, 5) is 16.6. The molecule has 0 radical (unpaired) electrons. The lowest BCUT2D eigenvalue weighted by Crippen LogP contribution is -2.41. The van der Waals surface area contributed by atoms with Gasteiger partial charge in [0.05, 0.1) is 10.0 Å². The van der Waals surface area contributed by atoms with Crippen molar-refractivity contribution >= 4 is 29.1 Å². The molecule has 3 aliphatic rings. The molecule has 5 nitrogen and oxygen atoms in total. The van der Waals surface area contributed by atoms with E-state index in [4.69, 9.17) is 32.7 Å². The number of amides is 1. The van der Waals surface area contributed by atoms with E-state index in [0.717, 1.165) is 38.1 Å². The zero-order valence-corrected chi connectivity index (χ0v) is 25.3. The summed E-state index contributed by atoms with van der Waals surface area (Å²) < 4.78 is 11.7. The molecule has 1 N–H and O–H groups in total. The van der Waals surface area contributed by atoms with Crippen molar-refractivity contribution < 1.29 is 14.3 Å². The molecule has 1 heterocycles. The van der Waals surface area contributed by atoms with Crippen LogP contribution in [0.5, 0.6) is 11.5 Å². The summed E-state index contributed by atoms with van der Waals surface area (Å²) in [5, 5.41) is 4.53. The SMILES string of the molecule is Cc1cccc(CN(C(=O)[C@H]2[C@H]3CNC[C@H]3C[C@H]2c2ccc(OCCOc3c(Cl)cccc3Cl)cc2)C2CC2)c1C. The second kappa shape index (κ2) is 12.2. The van der Waals surface area contributed by atoms with Crippen molar-refractivity contribution in [3.8, 4) is 11.5 Å². The van der Waals surface area contributed by atoms with E-state index in [1.807, 2.05) is 12.1 Å². The Morgan fingerprint density at radius 1 is 0.927 bits per heavy atom. The van der Waals surface area contributed by atoms with Gasteiger partial charge in [-0.25, -0.2) is 0 Å². The molecule has 6 rings (SSSR count). The van der Waals surface area contributed by atoms with E-state index in [-0.39, 0.29) is 11.8 Å². The van der Waals surface area contributed by atoms with Crippen LogP contribution < -0.4 is 14.8 Å². The Hall–Kier alpha value is -2.73. The van der Waals surface area contributed by atoms with E-state index >= 15 is 0 Å². The predicted molar refractivity (Wildman–Crippen MR) is 164 cm³/mol. The normalized spacial score (nSPS) is 23.3. The summed E-state index contributed by atoms with van der Waals surface area (Å²) in [6.07, 6.45) is 3.26. The number of carbonyl (C=O) groups excluding carboxylic acids is 1. The van der Waals surface area contributed by atoms with Crippen LogP contribution in [0.1, 0.15) is 47.4 Å². The second-order valence-corrected chi connectivity index (χ2v) is 12.6. The second-order valence-electron chi connectivity index (χ2n) is 11.8. The smallest absolute Gasteiger partial charge is 0.227 e. The van der Waals surface area contributed by atoms with Crippen LogP contribution in [0.2, 0.25) is 10.0 Å². The van der Waals surface area contributed by atoms with Crippen molar-refractivity contribution in [3.63, 3.8) is 0 Å². The fraction of sp³-hybridized carbons (Fsp3) is 0.441. The summed E-state index contributed by atoms with van der Waals surface area (Å²) in [7, 11) is 0. The van der Waals surface area contributed by atoms with Crippen molar-refractivity contribution in [3.05, 3.63) is 93.0 Å². The minimum Gasteiger partial charge on any atom is -0.490 e. The highest BCUT2D eigenvalue weighted by molar-refractivity contribution is 6.37. The zero-order valence-electron chi connectivity index (χ0n) is 23.7. The molecule has 216 valence electrons. The monoisotopic (exact) mass is 592 g/mol. The van der Waals surface area contributed by atoms with Gasteiger partial charge in [0.2, 0.25) is 5.91 Å². The van der Waals surface area contributed by atoms with Gasteiger partial charge in [-0.1, -0.05) is 59.6 Å². The van der Waals surface area contributed by atoms with Crippen molar-refractivity contribution in [2.75, 3.05) is 26.3 Å². The first-order valence-corrected chi connectivity index (χ1v) is 15.5. The number of benzene rings is 3. The lowest BCUT2D eigenvalue weighted by molar-refractivity contribution is -0.138. The Morgan fingerprint density at radius 2 is 1.63 bits per heavy atom. The topological polar surface area (TPSA) is 50.8 Å². The Morgan fingerprint density at radius 3 is 2.37 bits per heavy atom. The number of hydrogen-bond donors (Lipinski definition) is 1. The number of carbonyl (C=O) groups is 1. The quantitative estimate of drug-likeness (QED) is 0.253. The van der Waals surface area contributed by atoms with E-state index in [1.54, 1.807) is 18.2 Å². The molecular weight excluding hydrogens is 555 g/mol. The van der Waals surface area contributed by atoms with E-state index in [2.05, 4.69) is 54.4 Å². The van der Waals surface area contributed by atoms with Crippen LogP contribution in [0.4, 0.5) is 0 Å². The Labute approximate surface area is 253 Å². The maximum absolute atomic E-state index is 14.4. The molecule has 1 aliphatic heterocycles. The number of fused-ring (bicyclic) bond motifs is 1. The first kappa shape index (κ1) is 28.4. The lowest BCUT2D eigenvalue weighted by Gasteiger charge is -2.32. The first-order valence-electron chi connectivity index (χ1n) is 14.8. The standard InChI is InChI=1S/C34H38Cl2N2O3/c1-21-5-3-6-24(22(21)2)20-38(26-11-12-26)34(39)32-28(17-25-18-37-19-29(25)32)23-9-13-27(14-10-23)40-15-16-41-33-30(35)7-4-8-31(33)36/h3-10,13-14,25-26,28-29,32,37H,11-12,15-20H2,1-2H3/t25-,28+,29+,32-/m1/s1. The number of hydrogen-bond acceptors (Lipinski definition) is 4. The van der Waals surface area contributed by atoms with Crippen LogP contribution in [0.15, 0.2) is 60.7 Å². The third kappa shape index (κ3) is 6.09. The minimum atomic E-state index is 0.00116. The highest BCUT2D eigenvalue weighted by Gasteiger charge is 2.51. The van der Waals surface area contributed by atoms with Crippen LogP contribution in [0.3, 0.4) is 0 Å². The molecule has 41 heavy (non-hydrogen) atoms. The van der Waals surface area contributed by atoms with Crippen LogP contribution >= 0.6 is 23.2 Å². The molecule has 3 aromatic rings. The molecule has 7 heteroatoms. The van der Waals surface area contributed by atoms with Gasteiger partial charge < -0.3 is 19.7 Å². The summed E-state index contributed by atoms with van der Waals surface area (Å²) in [6, 6.07) is 20.4. The number of ether oxygens (including phenoxy) is 2. The van der Waals surface area contributed by atoms with Crippen LogP contribution in [0.25, 0.3) is 0 Å². The largest absolute Gasteiger partial charge is 0.490 e. The van der Waals surface area contributed by atoms with Gasteiger partial charge >= 0.3 is 0 Å². The minimum absolute atomic E-state index is 0.00116. The molecule has 4 atom stereocenters. The molecule has 0 bridgehead atoms. The van der Waals surface area contributed by atoms with Crippen molar-refractivity contribution in [1.82, 2.24) is 10.2 Å². The summed E-state index contributed by atoms with van der Waals surface area (Å²) in [5.74, 6) is 2.74. The Kier molecular flexibility index (Phi) is 8.48. The van der Waals surface area contributed by atoms with Crippen LogP contribution in [-0.2, 0) is 11.3 Å². The molecule has 3 fully saturated rings. The number of aryl methyl sites for hydroxylation is 1. The first-order chi connectivity index (χ1) is 19.9. The Balaban J connectivity index is 1.14.